The van der Waals surface area contributed by atoms with Crippen molar-refractivity contribution in [2.75, 3.05) is 0 Å². The zero-order valence-electron chi connectivity index (χ0n) is 18.4. The minimum Gasteiger partial charge on any atom is -0.336 e. The van der Waals surface area contributed by atoms with Crippen molar-refractivity contribution in [3.63, 3.8) is 0 Å². The quantitative estimate of drug-likeness (QED) is 0.408. The molecule has 9 heteroatoms. The number of aromatic amines is 1. The van der Waals surface area contributed by atoms with E-state index in [-0.39, 0.29) is 11.3 Å². The van der Waals surface area contributed by atoms with Crippen molar-refractivity contribution in [3.8, 4) is 22.6 Å². The van der Waals surface area contributed by atoms with Gasteiger partial charge in [0.2, 0.25) is 0 Å². The van der Waals surface area contributed by atoms with Crippen LogP contribution in [0.4, 0.5) is 13.2 Å². The van der Waals surface area contributed by atoms with Crippen LogP contribution in [0.3, 0.4) is 0 Å². The number of nitrogens with one attached hydrogen (secondary N) is 1. The number of imidazole rings is 1. The Morgan fingerprint density at radius 3 is 2.74 bits per heavy atom. The minimum atomic E-state index is -4.59. The number of halogens is 3. The molecule has 0 radical (unpaired) electrons. The maximum atomic E-state index is 13.3. The van der Waals surface area contributed by atoms with E-state index in [1.165, 1.54) is 48.2 Å². The standard InChI is InChI=1S/C25H23F3N6/c26-25(27,28)24-23(31-33-32-24)17-9-10-29-20(11-17)21-13-34(14-30-21)12-18-5-1-3-16-4-2-6-19(22(16)18)15-7-8-15/h2,4,6,9-11,13-15,18H,1,3,5,7-8,12H2,(H,31,32,33)/t18-/m0/s1. The molecule has 0 amide bonds. The molecule has 6 nitrogen and oxygen atoms in total. The summed E-state index contributed by atoms with van der Waals surface area (Å²) in [6.45, 7) is 0.824. The monoisotopic (exact) mass is 464 g/mol. The largest absolute Gasteiger partial charge is 0.437 e. The van der Waals surface area contributed by atoms with Crippen molar-refractivity contribution >= 4 is 0 Å². The number of rotatable bonds is 5. The van der Waals surface area contributed by atoms with Gasteiger partial charge in [-0.15, -0.1) is 0 Å². The van der Waals surface area contributed by atoms with E-state index in [9.17, 15) is 13.2 Å². The number of benzene rings is 1. The maximum absolute atomic E-state index is 13.3. The van der Waals surface area contributed by atoms with Crippen molar-refractivity contribution in [1.82, 2.24) is 29.9 Å². The first-order valence-corrected chi connectivity index (χ1v) is 11.6. The predicted molar refractivity (Wildman–Crippen MR) is 120 cm³/mol. The zero-order valence-corrected chi connectivity index (χ0v) is 18.4. The molecule has 1 atom stereocenters. The summed E-state index contributed by atoms with van der Waals surface area (Å²) >= 11 is 0. The smallest absolute Gasteiger partial charge is 0.336 e. The van der Waals surface area contributed by atoms with Gasteiger partial charge in [0, 0.05) is 30.4 Å². The van der Waals surface area contributed by atoms with E-state index < -0.39 is 11.9 Å². The van der Waals surface area contributed by atoms with Crippen LogP contribution in [0.5, 0.6) is 0 Å². The molecule has 2 aliphatic rings. The second-order valence-corrected chi connectivity index (χ2v) is 9.19. The van der Waals surface area contributed by atoms with Crippen molar-refractivity contribution < 1.29 is 13.2 Å². The highest BCUT2D eigenvalue weighted by molar-refractivity contribution is 5.67. The number of nitrogens with zero attached hydrogens (tertiary/aromatic N) is 5. The van der Waals surface area contributed by atoms with Crippen LogP contribution in [-0.2, 0) is 19.1 Å². The van der Waals surface area contributed by atoms with Crippen LogP contribution in [0.1, 0.15) is 59.9 Å². The van der Waals surface area contributed by atoms with Gasteiger partial charge in [-0.3, -0.25) is 4.98 Å². The SMILES string of the molecule is FC(F)(F)c1n[nH]nc1-c1ccnc(-c2cn(C[C@@H]3CCCc4cccc(C5CC5)c43)cn2)c1. The molecule has 174 valence electrons. The molecule has 0 unspecified atom stereocenters. The average molecular weight is 464 g/mol. The molecule has 1 fully saturated rings. The maximum Gasteiger partial charge on any atom is 0.437 e. The molecule has 6 rings (SSSR count). The molecule has 0 spiro atoms. The summed E-state index contributed by atoms with van der Waals surface area (Å²) in [7, 11) is 0. The number of aryl methyl sites for hydroxylation is 1. The molecule has 0 bridgehead atoms. The summed E-state index contributed by atoms with van der Waals surface area (Å²) in [6.07, 6.45) is 6.61. The fourth-order valence-corrected chi connectivity index (χ4v) is 5.16. The Morgan fingerprint density at radius 1 is 1.03 bits per heavy atom. The summed E-state index contributed by atoms with van der Waals surface area (Å²) in [5.74, 6) is 1.14. The van der Waals surface area contributed by atoms with Gasteiger partial charge >= 0.3 is 6.18 Å². The van der Waals surface area contributed by atoms with Crippen LogP contribution in [0.2, 0.25) is 0 Å². The Kier molecular flexibility index (Phi) is 5.00. The van der Waals surface area contributed by atoms with Crippen LogP contribution < -0.4 is 0 Å². The van der Waals surface area contributed by atoms with E-state index in [1.807, 2.05) is 6.20 Å². The first-order chi connectivity index (χ1) is 16.5. The molecule has 2 aliphatic carbocycles. The van der Waals surface area contributed by atoms with E-state index in [0.29, 0.717) is 23.2 Å². The third kappa shape index (κ3) is 3.89. The summed E-state index contributed by atoms with van der Waals surface area (Å²) in [4.78, 5) is 8.84. The molecule has 3 heterocycles. The van der Waals surface area contributed by atoms with E-state index in [1.54, 1.807) is 12.4 Å². The Hall–Kier alpha value is -3.49. The van der Waals surface area contributed by atoms with Crippen molar-refractivity contribution in [3.05, 3.63) is 71.4 Å². The Labute approximate surface area is 194 Å². The summed E-state index contributed by atoms with van der Waals surface area (Å²) in [6, 6.07) is 9.82. The molecule has 3 aromatic heterocycles. The Bertz CT molecular complexity index is 1330. The number of H-pyrrole nitrogens is 1. The molecule has 4 aromatic rings. The van der Waals surface area contributed by atoms with Crippen LogP contribution >= 0.6 is 0 Å². The summed E-state index contributed by atoms with van der Waals surface area (Å²) in [5.41, 5.74) is 4.63. The van der Waals surface area contributed by atoms with Gasteiger partial charge in [0.1, 0.15) is 11.4 Å². The third-order valence-electron chi connectivity index (χ3n) is 6.83. The van der Waals surface area contributed by atoms with Gasteiger partial charge < -0.3 is 4.57 Å². The number of pyridine rings is 1. The highest BCUT2D eigenvalue weighted by Crippen LogP contribution is 2.47. The van der Waals surface area contributed by atoms with Gasteiger partial charge in [-0.1, -0.05) is 18.2 Å². The normalized spacial score (nSPS) is 18.1. The second kappa shape index (κ2) is 8.07. The van der Waals surface area contributed by atoms with E-state index >= 15 is 0 Å². The second-order valence-electron chi connectivity index (χ2n) is 9.19. The van der Waals surface area contributed by atoms with Crippen LogP contribution in [0.25, 0.3) is 22.6 Å². The molecular formula is C25H23F3N6. The van der Waals surface area contributed by atoms with Gasteiger partial charge in [0.25, 0.3) is 0 Å². The molecule has 34 heavy (non-hydrogen) atoms. The number of alkyl halides is 3. The fraction of sp³-hybridized carbons (Fsp3) is 0.360. The topological polar surface area (TPSA) is 72.3 Å². The molecule has 1 N–H and O–H groups in total. The molecule has 1 saturated carbocycles. The molecular weight excluding hydrogens is 441 g/mol. The number of fused-ring (bicyclic) bond motifs is 1. The van der Waals surface area contributed by atoms with Gasteiger partial charge in [-0.2, -0.15) is 28.6 Å². The highest BCUT2D eigenvalue weighted by Gasteiger charge is 2.38. The van der Waals surface area contributed by atoms with E-state index in [0.717, 1.165) is 19.4 Å². The first-order valence-electron chi connectivity index (χ1n) is 11.6. The van der Waals surface area contributed by atoms with Crippen LogP contribution in [-0.4, -0.2) is 29.9 Å². The van der Waals surface area contributed by atoms with Gasteiger partial charge in [-0.05, 0) is 66.8 Å². The minimum absolute atomic E-state index is 0.248. The first kappa shape index (κ1) is 21.1. The molecule has 0 aliphatic heterocycles. The van der Waals surface area contributed by atoms with E-state index in [4.69, 9.17) is 0 Å². The van der Waals surface area contributed by atoms with Gasteiger partial charge in [0.15, 0.2) is 5.69 Å². The Balaban J connectivity index is 1.27. The third-order valence-corrected chi connectivity index (χ3v) is 6.83. The van der Waals surface area contributed by atoms with Crippen LogP contribution in [0.15, 0.2) is 49.1 Å². The number of aromatic nitrogens is 6. The lowest BCUT2D eigenvalue weighted by Gasteiger charge is -2.28. The summed E-state index contributed by atoms with van der Waals surface area (Å²) < 4.78 is 41.8. The fourth-order valence-electron chi connectivity index (χ4n) is 5.16. The van der Waals surface area contributed by atoms with Gasteiger partial charge in [-0.25, -0.2) is 4.98 Å². The summed E-state index contributed by atoms with van der Waals surface area (Å²) in [5, 5.41) is 9.06. The average Bonchev–Trinajstić information content (AvgIpc) is 3.35. The lowest BCUT2D eigenvalue weighted by atomic mass is 9.79. The molecule has 1 aromatic carbocycles. The zero-order chi connectivity index (χ0) is 23.3. The van der Waals surface area contributed by atoms with Gasteiger partial charge in [0.05, 0.1) is 12.0 Å². The highest BCUT2D eigenvalue weighted by atomic mass is 19.4. The predicted octanol–water partition coefficient (Wildman–Crippen LogP) is 5.75. The lowest BCUT2D eigenvalue weighted by Crippen LogP contribution is -2.17. The van der Waals surface area contributed by atoms with Crippen molar-refractivity contribution in [1.29, 1.82) is 0 Å². The number of hydrogen-bond donors (Lipinski definition) is 1. The Morgan fingerprint density at radius 2 is 1.91 bits per heavy atom. The van der Waals surface area contributed by atoms with Crippen molar-refractivity contribution in [2.45, 2.75) is 56.7 Å². The number of hydrogen-bond acceptors (Lipinski definition) is 4. The van der Waals surface area contributed by atoms with Crippen molar-refractivity contribution in [2.24, 2.45) is 0 Å². The lowest BCUT2D eigenvalue weighted by molar-refractivity contribution is -0.140. The van der Waals surface area contributed by atoms with E-state index in [2.05, 4.69) is 48.1 Å². The molecule has 0 saturated heterocycles. The van der Waals surface area contributed by atoms with Crippen LogP contribution in [0, 0.1) is 0 Å².